The first-order chi connectivity index (χ1) is 13.4. The lowest BCUT2D eigenvalue weighted by Gasteiger charge is -2.11. The van der Waals surface area contributed by atoms with Crippen LogP contribution < -0.4 is 10.9 Å². The second-order valence-electron chi connectivity index (χ2n) is 7.39. The Morgan fingerprint density at radius 1 is 1.29 bits per heavy atom. The molecule has 2 aromatic heterocycles. The van der Waals surface area contributed by atoms with E-state index in [4.69, 9.17) is 5.26 Å². The first-order valence-corrected chi connectivity index (χ1v) is 9.01. The van der Waals surface area contributed by atoms with Crippen LogP contribution in [0, 0.1) is 18.3 Å². The van der Waals surface area contributed by atoms with Crippen molar-refractivity contribution in [2.24, 2.45) is 0 Å². The summed E-state index contributed by atoms with van der Waals surface area (Å²) in [5, 5.41) is 14.9. The molecule has 1 aliphatic carbocycles. The summed E-state index contributed by atoms with van der Waals surface area (Å²) in [6.45, 7) is 3.87. The number of aryl methyl sites for hydroxylation is 1. The molecule has 0 radical (unpaired) electrons. The van der Waals surface area contributed by atoms with E-state index in [0.717, 1.165) is 24.0 Å². The Bertz CT molecular complexity index is 1160. The minimum absolute atomic E-state index is 0.0972. The van der Waals surface area contributed by atoms with E-state index in [0.29, 0.717) is 22.5 Å². The van der Waals surface area contributed by atoms with Gasteiger partial charge in [0.05, 0.1) is 22.8 Å². The van der Waals surface area contributed by atoms with Gasteiger partial charge in [-0.2, -0.15) is 5.26 Å². The molecule has 28 heavy (non-hydrogen) atoms. The van der Waals surface area contributed by atoms with Gasteiger partial charge in [-0.15, -0.1) is 0 Å². The molecular formula is C21H19N5O2. The molecule has 1 saturated carbocycles. The minimum atomic E-state index is -0.247. The van der Waals surface area contributed by atoms with Gasteiger partial charge in [-0.05, 0) is 62.1 Å². The van der Waals surface area contributed by atoms with Crippen molar-refractivity contribution < 1.29 is 4.79 Å². The lowest BCUT2D eigenvalue weighted by Crippen LogP contribution is -2.34. The molecule has 140 valence electrons. The number of benzene rings is 1. The molecule has 7 nitrogen and oxygen atoms in total. The van der Waals surface area contributed by atoms with Gasteiger partial charge in [0, 0.05) is 17.9 Å². The maximum absolute atomic E-state index is 12.8. The molecule has 1 aliphatic rings. The van der Waals surface area contributed by atoms with Crippen LogP contribution in [0.3, 0.4) is 0 Å². The number of aromatic amines is 1. The van der Waals surface area contributed by atoms with Gasteiger partial charge in [0.15, 0.2) is 5.82 Å². The zero-order valence-electron chi connectivity index (χ0n) is 15.6. The molecule has 0 aliphatic heterocycles. The zero-order chi connectivity index (χ0) is 19.9. The Morgan fingerprint density at radius 2 is 2.07 bits per heavy atom. The van der Waals surface area contributed by atoms with Crippen molar-refractivity contribution in [3.05, 3.63) is 69.8 Å². The van der Waals surface area contributed by atoms with Crippen molar-refractivity contribution in [2.45, 2.75) is 32.2 Å². The number of aromatic nitrogens is 3. The maximum Gasteiger partial charge on any atom is 0.280 e. The van der Waals surface area contributed by atoms with E-state index >= 15 is 0 Å². The van der Waals surface area contributed by atoms with Crippen LogP contribution in [0.25, 0.3) is 16.9 Å². The van der Waals surface area contributed by atoms with E-state index in [1.807, 2.05) is 13.8 Å². The van der Waals surface area contributed by atoms with Crippen LogP contribution in [0.2, 0.25) is 0 Å². The van der Waals surface area contributed by atoms with Crippen molar-refractivity contribution in [1.29, 1.82) is 5.26 Å². The first kappa shape index (κ1) is 17.7. The van der Waals surface area contributed by atoms with Gasteiger partial charge in [-0.25, -0.2) is 9.67 Å². The summed E-state index contributed by atoms with van der Waals surface area (Å²) in [7, 11) is 0. The fourth-order valence-electron chi connectivity index (χ4n) is 3.08. The van der Waals surface area contributed by atoms with Crippen LogP contribution in [0.1, 0.15) is 41.3 Å². The van der Waals surface area contributed by atoms with Crippen LogP contribution in [0.4, 0.5) is 0 Å². The lowest BCUT2D eigenvalue weighted by atomic mass is 10.0. The second kappa shape index (κ2) is 6.50. The van der Waals surface area contributed by atoms with E-state index in [1.54, 1.807) is 36.5 Å². The highest BCUT2D eigenvalue weighted by molar-refractivity contribution is 5.94. The van der Waals surface area contributed by atoms with Crippen LogP contribution in [0.15, 0.2) is 47.5 Å². The summed E-state index contributed by atoms with van der Waals surface area (Å²) in [5.41, 5.74) is 2.76. The third-order valence-electron chi connectivity index (χ3n) is 5.07. The largest absolute Gasteiger partial charge is 0.347 e. The molecule has 1 amide bonds. The molecule has 3 aromatic rings. The normalized spacial score (nSPS) is 14.3. The molecule has 2 heterocycles. The molecule has 0 unspecified atom stereocenters. The van der Waals surface area contributed by atoms with Crippen LogP contribution in [0.5, 0.6) is 0 Å². The van der Waals surface area contributed by atoms with Crippen molar-refractivity contribution >= 4 is 5.91 Å². The average molecular weight is 373 g/mol. The molecule has 7 heteroatoms. The summed E-state index contributed by atoms with van der Waals surface area (Å²) in [6, 6.07) is 10.6. The highest BCUT2D eigenvalue weighted by Gasteiger charge is 2.38. The molecule has 0 bridgehead atoms. The van der Waals surface area contributed by atoms with Gasteiger partial charge < -0.3 is 5.32 Å². The number of nitriles is 1. The summed E-state index contributed by atoms with van der Waals surface area (Å²) >= 11 is 0. The molecule has 0 saturated heterocycles. The quantitative estimate of drug-likeness (QED) is 0.734. The predicted molar refractivity (Wildman–Crippen MR) is 104 cm³/mol. The van der Waals surface area contributed by atoms with Crippen molar-refractivity contribution in [3.8, 4) is 23.0 Å². The van der Waals surface area contributed by atoms with E-state index in [1.165, 1.54) is 10.9 Å². The molecule has 4 rings (SSSR count). The standard InChI is InChI=1S/C21H19N5O2/c1-13-9-14(10-22)3-5-16(13)17-12-24-26(20(17)28)18-6-4-15(11-23-18)19(27)25-21(2)7-8-21/h3-6,9,11-12,24H,7-8H2,1-2H3,(H,25,27). The average Bonchev–Trinajstić information content (AvgIpc) is 3.29. The lowest BCUT2D eigenvalue weighted by molar-refractivity contribution is 0.0935. The fourth-order valence-corrected chi connectivity index (χ4v) is 3.08. The molecular weight excluding hydrogens is 354 g/mol. The Morgan fingerprint density at radius 3 is 2.68 bits per heavy atom. The van der Waals surface area contributed by atoms with Gasteiger partial charge in [-0.1, -0.05) is 6.07 Å². The minimum Gasteiger partial charge on any atom is -0.347 e. The van der Waals surface area contributed by atoms with Crippen molar-refractivity contribution in [1.82, 2.24) is 20.1 Å². The number of hydrogen-bond acceptors (Lipinski definition) is 4. The Kier molecular flexibility index (Phi) is 4.12. The van der Waals surface area contributed by atoms with Crippen LogP contribution in [-0.4, -0.2) is 26.2 Å². The zero-order valence-corrected chi connectivity index (χ0v) is 15.6. The summed E-state index contributed by atoms with van der Waals surface area (Å²) in [5.74, 6) is 0.239. The number of carbonyl (C=O) groups is 1. The smallest absolute Gasteiger partial charge is 0.280 e. The SMILES string of the molecule is Cc1cc(C#N)ccc1-c1c[nH]n(-c2ccc(C(=O)NC3(C)CC3)cn2)c1=O. The predicted octanol–water partition coefficient (Wildman–Crippen LogP) is 2.69. The Hall–Kier alpha value is -3.66. The first-order valence-electron chi connectivity index (χ1n) is 9.01. The van der Waals surface area contributed by atoms with E-state index in [-0.39, 0.29) is 17.0 Å². The maximum atomic E-state index is 12.8. The van der Waals surface area contributed by atoms with E-state index < -0.39 is 0 Å². The van der Waals surface area contributed by atoms with Gasteiger partial charge in [0.1, 0.15) is 0 Å². The molecule has 0 spiro atoms. The molecule has 2 N–H and O–H groups in total. The van der Waals surface area contributed by atoms with Crippen molar-refractivity contribution in [2.75, 3.05) is 0 Å². The van der Waals surface area contributed by atoms with E-state index in [9.17, 15) is 9.59 Å². The molecule has 0 atom stereocenters. The third-order valence-corrected chi connectivity index (χ3v) is 5.07. The Balaban J connectivity index is 1.62. The van der Waals surface area contributed by atoms with Crippen molar-refractivity contribution in [3.63, 3.8) is 0 Å². The number of rotatable bonds is 4. The summed E-state index contributed by atoms with van der Waals surface area (Å²) < 4.78 is 1.33. The van der Waals surface area contributed by atoms with Gasteiger partial charge in [-0.3, -0.25) is 14.7 Å². The molecule has 1 fully saturated rings. The van der Waals surface area contributed by atoms with Gasteiger partial charge in [0.25, 0.3) is 11.5 Å². The number of H-pyrrole nitrogens is 1. The van der Waals surface area contributed by atoms with Gasteiger partial charge >= 0.3 is 0 Å². The number of amides is 1. The van der Waals surface area contributed by atoms with Gasteiger partial charge in [0.2, 0.25) is 0 Å². The summed E-state index contributed by atoms with van der Waals surface area (Å²) in [6.07, 6.45) is 5.06. The fraction of sp³-hybridized carbons (Fsp3) is 0.238. The number of carbonyl (C=O) groups excluding carboxylic acids is 1. The number of pyridine rings is 1. The second-order valence-corrected chi connectivity index (χ2v) is 7.39. The Labute approximate surface area is 161 Å². The number of hydrogen-bond donors (Lipinski definition) is 2. The van der Waals surface area contributed by atoms with Crippen LogP contribution in [-0.2, 0) is 0 Å². The highest BCUT2D eigenvalue weighted by Crippen LogP contribution is 2.34. The topological polar surface area (TPSA) is 104 Å². The highest BCUT2D eigenvalue weighted by atomic mass is 16.2. The summed E-state index contributed by atoms with van der Waals surface area (Å²) in [4.78, 5) is 29.3. The molecule has 1 aromatic carbocycles. The van der Waals surface area contributed by atoms with Crippen LogP contribution >= 0.6 is 0 Å². The van der Waals surface area contributed by atoms with E-state index in [2.05, 4.69) is 21.5 Å². The number of nitrogens with zero attached hydrogens (tertiary/aromatic N) is 3. The number of nitrogens with one attached hydrogen (secondary N) is 2. The monoisotopic (exact) mass is 373 g/mol. The third kappa shape index (κ3) is 3.21.